The fourth-order valence-electron chi connectivity index (χ4n) is 6.45. The lowest BCUT2D eigenvalue weighted by molar-refractivity contribution is -0.253. The Kier molecular flexibility index (Phi) is 13.2. The van der Waals surface area contributed by atoms with Crippen molar-refractivity contribution in [2.24, 2.45) is 0 Å². The number of aliphatic hydroxyl groups is 1. The van der Waals surface area contributed by atoms with Gasteiger partial charge >= 0.3 is 5.97 Å². The maximum Gasteiger partial charge on any atom is 0.323 e. The summed E-state index contributed by atoms with van der Waals surface area (Å²) in [6.45, 7) is 7.38. The summed E-state index contributed by atoms with van der Waals surface area (Å²) in [5.74, 6) is -0.396. The molecule has 0 saturated carbocycles. The van der Waals surface area contributed by atoms with E-state index in [1.165, 1.54) is 0 Å². The van der Waals surface area contributed by atoms with Gasteiger partial charge in [0.25, 0.3) is 0 Å². The van der Waals surface area contributed by atoms with E-state index in [1.54, 1.807) is 12.1 Å². The molecule has 0 bridgehead atoms. The van der Waals surface area contributed by atoms with Gasteiger partial charge in [0.2, 0.25) is 11.8 Å². The van der Waals surface area contributed by atoms with Crippen molar-refractivity contribution in [1.29, 1.82) is 0 Å². The number of carbonyl (C=O) groups excluding carboxylic acids is 3. The molecule has 11 heteroatoms. The molecular formula is C40H52N4O7. The Morgan fingerprint density at radius 1 is 0.902 bits per heavy atom. The van der Waals surface area contributed by atoms with Crippen molar-refractivity contribution in [3.05, 3.63) is 95.1 Å². The molecule has 5 N–H and O–H groups in total. The summed E-state index contributed by atoms with van der Waals surface area (Å²) in [6, 6.07) is 22.4. The monoisotopic (exact) mass is 700 g/mol. The van der Waals surface area contributed by atoms with Crippen LogP contribution in [-0.2, 0) is 41.7 Å². The number of anilines is 2. The number of likely N-dealkylation sites (tertiary alicyclic amines) is 1. The Bertz CT molecular complexity index is 1610. The largest absolute Gasteiger partial charge is 0.459 e. The highest BCUT2D eigenvalue weighted by Crippen LogP contribution is 2.39. The molecule has 2 heterocycles. The van der Waals surface area contributed by atoms with Gasteiger partial charge in [0.1, 0.15) is 11.6 Å². The van der Waals surface area contributed by atoms with Gasteiger partial charge in [0, 0.05) is 37.9 Å². The number of rotatable bonds is 14. The van der Waals surface area contributed by atoms with Gasteiger partial charge in [-0.1, -0.05) is 60.7 Å². The number of hydrogen-bond donors (Lipinski definition) is 4. The fraction of sp³-hybridized carbons (Fsp3) is 0.475. The third-order valence-electron chi connectivity index (χ3n) is 9.13. The Morgan fingerprint density at radius 2 is 1.57 bits per heavy atom. The summed E-state index contributed by atoms with van der Waals surface area (Å²) in [5, 5.41) is 15.3. The summed E-state index contributed by atoms with van der Waals surface area (Å²) in [6.07, 6.45) is 3.05. The van der Waals surface area contributed by atoms with Crippen LogP contribution in [0.4, 0.5) is 11.4 Å². The zero-order chi connectivity index (χ0) is 36.4. The number of carbonyl (C=O) groups is 3. The number of aliphatic hydroxyl groups excluding tert-OH is 1. The van der Waals surface area contributed by atoms with E-state index in [-0.39, 0.29) is 42.6 Å². The Hall–Kier alpha value is -4.29. The molecule has 3 aromatic rings. The van der Waals surface area contributed by atoms with Gasteiger partial charge in [-0.3, -0.25) is 19.3 Å². The molecule has 4 atom stereocenters. The van der Waals surface area contributed by atoms with Crippen LogP contribution in [0.3, 0.4) is 0 Å². The molecule has 11 nitrogen and oxygen atoms in total. The second kappa shape index (κ2) is 17.8. The van der Waals surface area contributed by atoms with Crippen LogP contribution in [-0.4, -0.2) is 58.6 Å². The zero-order valence-corrected chi connectivity index (χ0v) is 29.9. The van der Waals surface area contributed by atoms with Crippen LogP contribution in [0.2, 0.25) is 0 Å². The predicted octanol–water partition coefficient (Wildman–Crippen LogP) is 5.93. The van der Waals surface area contributed by atoms with Crippen molar-refractivity contribution < 1.29 is 33.7 Å². The first kappa shape index (κ1) is 38.0. The molecule has 0 aliphatic carbocycles. The fourth-order valence-corrected chi connectivity index (χ4v) is 6.45. The summed E-state index contributed by atoms with van der Waals surface area (Å²) in [7, 11) is 0. The third-order valence-corrected chi connectivity index (χ3v) is 9.13. The van der Waals surface area contributed by atoms with Crippen LogP contribution in [0, 0.1) is 0 Å². The van der Waals surface area contributed by atoms with Crippen molar-refractivity contribution in [2.45, 2.75) is 109 Å². The minimum atomic E-state index is -0.631. The van der Waals surface area contributed by atoms with E-state index in [2.05, 4.69) is 15.5 Å². The zero-order valence-electron chi connectivity index (χ0n) is 29.9. The van der Waals surface area contributed by atoms with Crippen LogP contribution in [0.25, 0.3) is 0 Å². The molecule has 274 valence electrons. The lowest BCUT2D eigenvalue weighted by Crippen LogP contribution is -2.45. The standard InChI is InChI=1S/C40H52N4O7/c1-40(2,3)51-38(48)34-11-8-22-44(34)25-31-23-35(29-18-16-28(26-45)17-19-29)50-39(49-31)30-20-14-27(15-21-30)24-42-36(46)12-6-7-13-37(47)43-33-10-5-4-9-32(33)41/h4-5,9-10,14-21,31,34-35,39,45H,6-8,11-13,22-26,41H2,1-3H3,(H,42,46)(H,43,47)/t31-,34+,35+,39+/m1/s1. The van der Waals surface area contributed by atoms with E-state index in [0.29, 0.717) is 56.6 Å². The number of hydrogen-bond acceptors (Lipinski definition) is 9. The third kappa shape index (κ3) is 11.4. The average molecular weight is 701 g/mol. The first-order valence-electron chi connectivity index (χ1n) is 17.9. The average Bonchev–Trinajstić information content (AvgIpc) is 3.58. The molecule has 2 amide bonds. The van der Waals surface area contributed by atoms with E-state index in [1.807, 2.05) is 81.4 Å². The molecule has 0 spiro atoms. The van der Waals surface area contributed by atoms with Gasteiger partial charge in [-0.25, -0.2) is 0 Å². The molecule has 2 aliphatic rings. The maximum atomic E-state index is 13.0. The highest BCUT2D eigenvalue weighted by molar-refractivity contribution is 5.93. The first-order valence-corrected chi connectivity index (χ1v) is 17.9. The molecule has 0 unspecified atom stereocenters. The lowest BCUT2D eigenvalue weighted by atomic mass is 9.99. The number of unbranched alkanes of at least 4 members (excludes halogenated alkanes) is 1. The molecule has 2 aliphatic heterocycles. The van der Waals surface area contributed by atoms with Gasteiger partial charge in [0.15, 0.2) is 6.29 Å². The van der Waals surface area contributed by atoms with Crippen LogP contribution in [0.15, 0.2) is 72.8 Å². The lowest BCUT2D eigenvalue weighted by Gasteiger charge is -2.38. The molecule has 2 saturated heterocycles. The van der Waals surface area contributed by atoms with Crippen LogP contribution >= 0.6 is 0 Å². The van der Waals surface area contributed by atoms with Crippen molar-refractivity contribution in [2.75, 3.05) is 24.1 Å². The summed E-state index contributed by atoms with van der Waals surface area (Å²) in [5.41, 5.74) is 10.1. The topological polar surface area (TPSA) is 152 Å². The number of esters is 1. The molecule has 0 aromatic heterocycles. The normalized spacial score (nSPS) is 20.9. The smallest absolute Gasteiger partial charge is 0.323 e. The maximum absolute atomic E-state index is 13.0. The minimum absolute atomic E-state index is 0.0296. The Balaban J connectivity index is 1.14. The van der Waals surface area contributed by atoms with Gasteiger partial charge in [-0.15, -0.1) is 0 Å². The highest BCUT2D eigenvalue weighted by Gasteiger charge is 2.39. The summed E-state index contributed by atoms with van der Waals surface area (Å²) < 4.78 is 18.8. The van der Waals surface area contributed by atoms with Crippen LogP contribution < -0.4 is 16.4 Å². The van der Waals surface area contributed by atoms with E-state index < -0.39 is 11.9 Å². The molecule has 0 radical (unpaired) electrons. The predicted molar refractivity (Wildman–Crippen MR) is 195 cm³/mol. The highest BCUT2D eigenvalue weighted by atomic mass is 16.7. The van der Waals surface area contributed by atoms with E-state index in [0.717, 1.165) is 41.6 Å². The van der Waals surface area contributed by atoms with E-state index in [4.69, 9.17) is 19.9 Å². The Labute approximate surface area is 300 Å². The van der Waals surface area contributed by atoms with Gasteiger partial charge < -0.3 is 35.7 Å². The van der Waals surface area contributed by atoms with Gasteiger partial charge in [-0.2, -0.15) is 0 Å². The number of amides is 2. The molecule has 51 heavy (non-hydrogen) atoms. The Morgan fingerprint density at radius 3 is 2.25 bits per heavy atom. The second-order valence-corrected chi connectivity index (χ2v) is 14.4. The quantitative estimate of drug-likeness (QED) is 0.0911. The number of ether oxygens (including phenoxy) is 3. The van der Waals surface area contributed by atoms with E-state index in [9.17, 15) is 19.5 Å². The number of nitrogens with zero attached hydrogens (tertiary/aromatic N) is 1. The van der Waals surface area contributed by atoms with Crippen molar-refractivity contribution in [3.63, 3.8) is 0 Å². The molecule has 3 aromatic carbocycles. The van der Waals surface area contributed by atoms with Crippen molar-refractivity contribution in [1.82, 2.24) is 10.2 Å². The van der Waals surface area contributed by atoms with Crippen molar-refractivity contribution >= 4 is 29.2 Å². The SMILES string of the molecule is CC(C)(C)OC(=O)[C@@H]1CCCN1C[C@H]1C[C@@H](c2ccc(CO)cc2)O[C@@H](c2ccc(CNC(=O)CCCCC(=O)Nc3ccccc3N)cc2)O1. The number of nitrogens with two attached hydrogens (primary N) is 1. The van der Waals surface area contributed by atoms with Gasteiger partial charge in [-0.05, 0) is 81.8 Å². The van der Waals surface area contributed by atoms with Crippen LogP contribution in [0.1, 0.15) is 100 Å². The second-order valence-electron chi connectivity index (χ2n) is 14.4. The van der Waals surface area contributed by atoms with Crippen LogP contribution in [0.5, 0.6) is 0 Å². The number of para-hydroxylation sites is 2. The first-order chi connectivity index (χ1) is 24.5. The molecule has 5 rings (SSSR count). The number of nitrogen functional groups attached to an aromatic ring is 1. The minimum Gasteiger partial charge on any atom is -0.459 e. The number of benzene rings is 3. The number of nitrogens with one attached hydrogen (secondary N) is 2. The molecular weight excluding hydrogens is 648 g/mol. The summed E-state index contributed by atoms with van der Waals surface area (Å²) in [4.78, 5) is 40.0. The van der Waals surface area contributed by atoms with Crippen molar-refractivity contribution in [3.8, 4) is 0 Å². The molecule has 2 fully saturated rings. The summed E-state index contributed by atoms with van der Waals surface area (Å²) >= 11 is 0. The van der Waals surface area contributed by atoms with Gasteiger partial charge in [0.05, 0.1) is 30.2 Å². The van der Waals surface area contributed by atoms with E-state index >= 15 is 0 Å².